The molecule has 3 rings (SSSR count). The van der Waals surface area contributed by atoms with Gasteiger partial charge >= 0.3 is 0 Å². The van der Waals surface area contributed by atoms with E-state index in [1.165, 1.54) is 0 Å². The van der Waals surface area contributed by atoms with Crippen molar-refractivity contribution in [2.75, 3.05) is 0 Å². The number of aryl methyl sites for hydroxylation is 1. The van der Waals surface area contributed by atoms with Crippen LogP contribution in [0.5, 0.6) is 0 Å². The minimum absolute atomic E-state index is 0.0144. The lowest BCUT2D eigenvalue weighted by Gasteiger charge is -2.24. The highest BCUT2D eigenvalue weighted by atomic mass is 35.5. The molecule has 8 heteroatoms. The second kappa shape index (κ2) is 7.15. The quantitative estimate of drug-likeness (QED) is 0.691. The molecule has 1 unspecified atom stereocenters. The van der Waals surface area contributed by atoms with Crippen LogP contribution in [-0.2, 0) is 4.79 Å². The first-order chi connectivity index (χ1) is 12.8. The van der Waals surface area contributed by atoms with E-state index in [1.807, 2.05) is 0 Å². The average molecular weight is 394 g/mol. The molecule has 0 saturated heterocycles. The molecule has 1 aliphatic rings. The van der Waals surface area contributed by atoms with E-state index >= 15 is 0 Å². The number of nitrogens with two attached hydrogens (primary N) is 1. The fourth-order valence-electron chi connectivity index (χ4n) is 3.49. The molecule has 0 radical (unpaired) electrons. The van der Waals surface area contributed by atoms with Gasteiger partial charge in [-0.25, -0.2) is 8.78 Å². The molecule has 1 atom stereocenters. The van der Waals surface area contributed by atoms with Gasteiger partial charge in [0.2, 0.25) is 5.91 Å². The monoisotopic (exact) mass is 393 g/mol. The zero-order chi connectivity index (χ0) is 19.9. The number of carbonyl (C=O) groups excluding carboxylic acids is 2. The van der Waals surface area contributed by atoms with Gasteiger partial charge in [0, 0.05) is 22.7 Å². The second-order valence-electron chi connectivity index (χ2n) is 6.48. The summed E-state index contributed by atoms with van der Waals surface area (Å²) in [5.41, 5.74) is 5.72. The molecule has 1 aliphatic carbocycles. The van der Waals surface area contributed by atoms with Crippen molar-refractivity contribution in [1.29, 1.82) is 0 Å². The summed E-state index contributed by atoms with van der Waals surface area (Å²) in [6.07, 6.45) is 4.47. The maximum absolute atomic E-state index is 15.0. The Labute approximate surface area is 159 Å². The molecule has 142 valence electrons. The van der Waals surface area contributed by atoms with Gasteiger partial charge in [-0.3, -0.25) is 9.59 Å². The zero-order valence-corrected chi connectivity index (χ0v) is 15.3. The lowest BCUT2D eigenvalue weighted by Crippen LogP contribution is -2.35. The maximum Gasteiger partial charge on any atom is 0.253 e. The number of benzene rings is 1. The normalized spacial score (nSPS) is 16.9. The summed E-state index contributed by atoms with van der Waals surface area (Å²) in [5, 5.41) is 3.18. The van der Waals surface area contributed by atoms with E-state index in [0.29, 0.717) is 30.5 Å². The van der Waals surface area contributed by atoms with Gasteiger partial charge in [-0.05, 0) is 37.8 Å². The number of fused-ring (bicyclic) bond motifs is 1. The Hall–Kier alpha value is -2.67. The number of primary amides is 1. The predicted molar refractivity (Wildman–Crippen MR) is 100 cm³/mol. The Morgan fingerprint density at radius 1 is 1.41 bits per heavy atom. The first-order valence-electron chi connectivity index (χ1n) is 8.37. The molecule has 1 aromatic carbocycles. The number of allylic oxidation sites excluding steroid dienone is 1. The fourth-order valence-corrected chi connectivity index (χ4v) is 3.73. The molecular formula is C19H18ClF2N3O2. The van der Waals surface area contributed by atoms with Crippen LogP contribution in [0.3, 0.4) is 0 Å². The maximum atomic E-state index is 15.0. The summed E-state index contributed by atoms with van der Waals surface area (Å²) in [5.74, 6) is -3.92. The minimum Gasteiger partial charge on any atom is -0.365 e. The smallest absolute Gasteiger partial charge is 0.253 e. The van der Waals surface area contributed by atoms with Crippen LogP contribution in [0, 0.1) is 18.6 Å². The van der Waals surface area contributed by atoms with Gasteiger partial charge in [0.15, 0.2) is 11.6 Å². The summed E-state index contributed by atoms with van der Waals surface area (Å²) >= 11 is 6.33. The third-order valence-corrected chi connectivity index (χ3v) is 5.19. The molecule has 0 saturated carbocycles. The molecule has 27 heavy (non-hydrogen) atoms. The van der Waals surface area contributed by atoms with E-state index in [9.17, 15) is 18.4 Å². The van der Waals surface area contributed by atoms with Crippen molar-refractivity contribution in [3.05, 3.63) is 52.2 Å². The van der Waals surface area contributed by atoms with Crippen molar-refractivity contribution in [3.63, 3.8) is 0 Å². The Morgan fingerprint density at radius 2 is 2.11 bits per heavy atom. The van der Waals surface area contributed by atoms with Crippen molar-refractivity contribution >= 4 is 39.9 Å². The van der Waals surface area contributed by atoms with Gasteiger partial charge in [-0.1, -0.05) is 24.3 Å². The number of H-pyrrole nitrogens is 1. The highest BCUT2D eigenvalue weighted by Gasteiger charge is 2.30. The fraction of sp³-hybridized carbons (Fsp3) is 0.263. The number of aromatic amines is 1. The number of rotatable bonds is 4. The molecule has 5 nitrogen and oxygen atoms in total. The van der Waals surface area contributed by atoms with E-state index in [2.05, 4.69) is 16.9 Å². The third-order valence-electron chi connectivity index (χ3n) is 4.71. The summed E-state index contributed by atoms with van der Waals surface area (Å²) in [6.45, 7) is 5.04. The molecule has 4 N–H and O–H groups in total. The third kappa shape index (κ3) is 3.23. The van der Waals surface area contributed by atoms with Crippen LogP contribution < -0.4 is 11.1 Å². The van der Waals surface area contributed by atoms with Crippen molar-refractivity contribution in [2.45, 2.75) is 32.2 Å². The number of amides is 2. The summed E-state index contributed by atoms with van der Waals surface area (Å²) in [6, 6.07) is -0.248. The lowest BCUT2D eigenvalue weighted by atomic mass is 9.87. The van der Waals surface area contributed by atoms with E-state index < -0.39 is 23.1 Å². The van der Waals surface area contributed by atoms with Gasteiger partial charge in [0.1, 0.15) is 5.56 Å². The van der Waals surface area contributed by atoms with Gasteiger partial charge in [-0.15, -0.1) is 0 Å². The number of nitrogens with one attached hydrogen (secondary N) is 2. The van der Waals surface area contributed by atoms with E-state index in [1.54, 1.807) is 13.0 Å². The van der Waals surface area contributed by atoms with Crippen LogP contribution in [0.1, 0.15) is 40.9 Å². The average Bonchev–Trinajstić information content (AvgIpc) is 2.90. The van der Waals surface area contributed by atoms with E-state index in [4.69, 9.17) is 17.3 Å². The lowest BCUT2D eigenvalue weighted by molar-refractivity contribution is -0.117. The van der Waals surface area contributed by atoms with Crippen LogP contribution >= 0.6 is 11.6 Å². The minimum atomic E-state index is -1.32. The Bertz CT molecular complexity index is 1010. The summed E-state index contributed by atoms with van der Waals surface area (Å²) in [7, 11) is 0. The largest absolute Gasteiger partial charge is 0.365 e. The Morgan fingerprint density at radius 3 is 2.74 bits per heavy atom. The summed E-state index contributed by atoms with van der Waals surface area (Å²) in [4.78, 5) is 26.1. The number of carbonyl (C=O) groups is 2. The van der Waals surface area contributed by atoms with Gasteiger partial charge in [0.25, 0.3) is 5.91 Å². The van der Waals surface area contributed by atoms with Gasteiger partial charge in [0.05, 0.1) is 10.5 Å². The van der Waals surface area contributed by atoms with Crippen LogP contribution in [-0.4, -0.2) is 22.8 Å². The number of hydrogen-bond donors (Lipinski definition) is 3. The van der Waals surface area contributed by atoms with Crippen LogP contribution in [0.2, 0.25) is 5.02 Å². The predicted octanol–water partition coefficient (Wildman–Crippen LogP) is 3.74. The Kier molecular flexibility index (Phi) is 5.06. The van der Waals surface area contributed by atoms with Gasteiger partial charge < -0.3 is 16.0 Å². The molecular weight excluding hydrogens is 376 g/mol. The number of hydrogen-bond acceptors (Lipinski definition) is 2. The van der Waals surface area contributed by atoms with E-state index in [-0.39, 0.29) is 33.4 Å². The molecule has 2 aromatic rings. The molecule has 0 fully saturated rings. The zero-order valence-electron chi connectivity index (χ0n) is 14.6. The van der Waals surface area contributed by atoms with Crippen LogP contribution in [0.15, 0.2) is 18.7 Å². The first kappa shape index (κ1) is 19.1. The molecule has 1 heterocycles. The first-order valence-corrected chi connectivity index (χ1v) is 8.74. The van der Waals surface area contributed by atoms with Crippen molar-refractivity contribution in [2.24, 2.45) is 5.73 Å². The molecule has 0 bridgehead atoms. The van der Waals surface area contributed by atoms with E-state index in [0.717, 1.165) is 6.08 Å². The molecule has 0 aliphatic heterocycles. The van der Waals surface area contributed by atoms with Crippen molar-refractivity contribution in [3.8, 4) is 0 Å². The second-order valence-corrected chi connectivity index (χ2v) is 6.85. The molecule has 0 spiro atoms. The number of aromatic nitrogens is 1. The Balaban J connectivity index is 2.20. The standard InChI is InChI=1S/C19H18ClF2N3O2/c1-3-11(26)25-10-6-4-5-9(7-10)12-13-15(20)8(2)24-18(13)14(19(23)27)17(22)16(12)21/h3,5,10,24H,1,4,6-7H2,2H3,(H2,23,27)(H,25,26). The number of halogens is 3. The topological polar surface area (TPSA) is 88.0 Å². The van der Waals surface area contributed by atoms with Gasteiger partial charge in [-0.2, -0.15) is 0 Å². The van der Waals surface area contributed by atoms with Crippen molar-refractivity contribution < 1.29 is 18.4 Å². The molecule has 1 aromatic heterocycles. The highest BCUT2D eigenvalue weighted by molar-refractivity contribution is 6.37. The highest BCUT2D eigenvalue weighted by Crippen LogP contribution is 2.41. The molecule has 2 amide bonds. The van der Waals surface area contributed by atoms with Crippen molar-refractivity contribution in [1.82, 2.24) is 10.3 Å². The van der Waals surface area contributed by atoms with Crippen LogP contribution in [0.4, 0.5) is 8.78 Å². The van der Waals surface area contributed by atoms with Crippen LogP contribution in [0.25, 0.3) is 16.5 Å². The summed E-state index contributed by atoms with van der Waals surface area (Å²) < 4.78 is 29.6. The SMILES string of the molecule is C=CC(=O)NC1CCC=C(c2c(F)c(F)c(C(N)=O)c3[nH]c(C)c(Cl)c23)C1.